The van der Waals surface area contributed by atoms with Crippen LogP contribution >= 0.6 is 0 Å². The van der Waals surface area contributed by atoms with Crippen LogP contribution in [-0.4, -0.2) is 74.3 Å². The second-order valence-electron chi connectivity index (χ2n) is 6.63. The molecule has 1 saturated heterocycles. The SMILES string of the molecule is COC1CN(CC(CO)(NC(C)C)C2CC2)CC1OC. The van der Waals surface area contributed by atoms with Crippen LogP contribution in [0.5, 0.6) is 0 Å². The highest BCUT2D eigenvalue weighted by Crippen LogP contribution is 2.40. The Morgan fingerprint density at radius 2 is 1.75 bits per heavy atom. The smallest absolute Gasteiger partial charge is 0.0971 e. The van der Waals surface area contributed by atoms with Gasteiger partial charge in [-0.25, -0.2) is 0 Å². The first-order valence-electron chi connectivity index (χ1n) is 7.71. The number of hydrogen-bond donors (Lipinski definition) is 2. The highest BCUT2D eigenvalue weighted by molar-refractivity contribution is 5.05. The van der Waals surface area contributed by atoms with Crippen LogP contribution < -0.4 is 5.32 Å². The van der Waals surface area contributed by atoms with Gasteiger partial charge in [-0.2, -0.15) is 0 Å². The van der Waals surface area contributed by atoms with Crippen molar-refractivity contribution in [2.24, 2.45) is 5.92 Å². The lowest BCUT2D eigenvalue weighted by Gasteiger charge is -2.38. The molecule has 3 atom stereocenters. The summed E-state index contributed by atoms with van der Waals surface area (Å²) in [5, 5.41) is 13.6. The van der Waals surface area contributed by atoms with E-state index in [9.17, 15) is 5.11 Å². The largest absolute Gasteiger partial charge is 0.394 e. The molecule has 0 aromatic carbocycles. The Morgan fingerprint density at radius 1 is 1.20 bits per heavy atom. The van der Waals surface area contributed by atoms with Gasteiger partial charge in [0, 0.05) is 39.9 Å². The van der Waals surface area contributed by atoms with Crippen LogP contribution in [0.2, 0.25) is 0 Å². The summed E-state index contributed by atoms with van der Waals surface area (Å²) in [7, 11) is 3.49. The fraction of sp³-hybridized carbons (Fsp3) is 1.00. The number of methoxy groups -OCH3 is 2. The van der Waals surface area contributed by atoms with Crippen molar-refractivity contribution in [3.05, 3.63) is 0 Å². The van der Waals surface area contributed by atoms with Gasteiger partial charge in [-0.3, -0.25) is 4.90 Å². The number of nitrogens with one attached hydrogen (secondary N) is 1. The number of rotatable bonds is 8. The maximum absolute atomic E-state index is 9.99. The van der Waals surface area contributed by atoms with Gasteiger partial charge in [-0.15, -0.1) is 0 Å². The normalized spacial score (nSPS) is 30.9. The van der Waals surface area contributed by atoms with Gasteiger partial charge < -0.3 is 19.9 Å². The van der Waals surface area contributed by atoms with Crippen LogP contribution in [0.3, 0.4) is 0 Å². The third-order valence-electron chi connectivity index (χ3n) is 4.62. The molecule has 0 radical (unpaired) electrons. The van der Waals surface area contributed by atoms with Crippen LogP contribution in [0.1, 0.15) is 26.7 Å². The molecule has 20 heavy (non-hydrogen) atoms. The first-order valence-corrected chi connectivity index (χ1v) is 7.71. The Kier molecular flexibility index (Phi) is 5.42. The van der Waals surface area contributed by atoms with Crippen molar-refractivity contribution in [1.29, 1.82) is 0 Å². The molecule has 1 heterocycles. The van der Waals surface area contributed by atoms with E-state index in [-0.39, 0.29) is 24.4 Å². The summed E-state index contributed by atoms with van der Waals surface area (Å²) in [5.74, 6) is 0.595. The van der Waals surface area contributed by atoms with E-state index in [1.54, 1.807) is 14.2 Å². The minimum Gasteiger partial charge on any atom is -0.394 e. The number of likely N-dealkylation sites (tertiary alicyclic amines) is 1. The molecule has 2 rings (SSSR count). The van der Waals surface area contributed by atoms with E-state index in [4.69, 9.17) is 9.47 Å². The first-order chi connectivity index (χ1) is 9.54. The molecule has 5 nitrogen and oxygen atoms in total. The minimum atomic E-state index is -0.172. The molecule has 0 amide bonds. The van der Waals surface area contributed by atoms with Crippen molar-refractivity contribution in [1.82, 2.24) is 10.2 Å². The quantitative estimate of drug-likeness (QED) is 0.679. The van der Waals surface area contributed by atoms with Crippen LogP contribution in [0, 0.1) is 5.92 Å². The number of ether oxygens (including phenoxy) is 2. The summed E-state index contributed by atoms with van der Waals surface area (Å²) in [6, 6.07) is 0.377. The van der Waals surface area contributed by atoms with E-state index in [2.05, 4.69) is 24.1 Å². The number of aliphatic hydroxyl groups is 1. The predicted octanol–water partition coefficient (Wildman–Crippen LogP) is 0.471. The molecular formula is C15H30N2O3. The second-order valence-corrected chi connectivity index (χ2v) is 6.63. The zero-order valence-electron chi connectivity index (χ0n) is 13.3. The lowest BCUT2D eigenvalue weighted by atomic mass is 9.92. The molecule has 1 aliphatic heterocycles. The molecule has 2 N–H and O–H groups in total. The van der Waals surface area contributed by atoms with Gasteiger partial charge in [-0.1, -0.05) is 13.8 Å². The standard InChI is InChI=1S/C15H30N2O3/c1-11(2)16-15(10-18,12-5-6-12)9-17-7-13(19-3)14(8-17)20-4/h11-14,16,18H,5-10H2,1-4H3. The van der Waals surface area contributed by atoms with E-state index in [0.29, 0.717) is 12.0 Å². The summed E-state index contributed by atoms with van der Waals surface area (Å²) >= 11 is 0. The molecule has 0 spiro atoms. The number of aliphatic hydroxyl groups excluding tert-OH is 1. The topological polar surface area (TPSA) is 54.0 Å². The second kappa shape index (κ2) is 6.71. The zero-order valence-corrected chi connectivity index (χ0v) is 13.3. The van der Waals surface area contributed by atoms with Gasteiger partial charge in [0.05, 0.1) is 24.4 Å². The molecular weight excluding hydrogens is 256 g/mol. The molecule has 1 saturated carbocycles. The molecule has 2 fully saturated rings. The van der Waals surface area contributed by atoms with Crippen molar-refractivity contribution >= 4 is 0 Å². The summed E-state index contributed by atoms with van der Waals surface area (Å²) in [6.45, 7) is 7.11. The number of nitrogens with zero attached hydrogens (tertiary/aromatic N) is 1. The zero-order chi connectivity index (χ0) is 14.8. The van der Waals surface area contributed by atoms with Gasteiger partial charge in [0.25, 0.3) is 0 Å². The summed E-state index contributed by atoms with van der Waals surface area (Å²) in [6.07, 6.45) is 2.70. The van der Waals surface area contributed by atoms with Crippen molar-refractivity contribution < 1.29 is 14.6 Å². The highest BCUT2D eigenvalue weighted by Gasteiger charge is 2.47. The van der Waals surface area contributed by atoms with E-state index in [0.717, 1.165) is 19.6 Å². The Labute approximate surface area is 122 Å². The van der Waals surface area contributed by atoms with E-state index < -0.39 is 0 Å². The molecule has 118 valence electrons. The van der Waals surface area contributed by atoms with Crippen molar-refractivity contribution in [3.63, 3.8) is 0 Å². The van der Waals surface area contributed by atoms with E-state index in [1.807, 2.05) is 0 Å². The van der Waals surface area contributed by atoms with Crippen molar-refractivity contribution in [2.75, 3.05) is 40.5 Å². The van der Waals surface area contributed by atoms with Crippen LogP contribution in [0.15, 0.2) is 0 Å². The van der Waals surface area contributed by atoms with Gasteiger partial charge in [-0.05, 0) is 18.8 Å². The molecule has 0 bridgehead atoms. The third-order valence-corrected chi connectivity index (χ3v) is 4.62. The Morgan fingerprint density at radius 3 is 2.10 bits per heavy atom. The lowest BCUT2D eigenvalue weighted by molar-refractivity contribution is -0.00461. The average Bonchev–Trinajstić information content (AvgIpc) is 3.19. The Bertz CT molecular complexity index is 297. The summed E-state index contributed by atoms with van der Waals surface area (Å²) in [5.41, 5.74) is -0.172. The molecule has 0 aromatic heterocycles. The molecule has 2 aliphatic rings. The minimum absolute atomic E-state index is 0.134. The summed E-state index contributed by atoms with van der Waals surface area (Å²) < 4.78 is 11.0. The number of hydrogen-bond acceptors (Lipinski definition) is 5. The molecule has 0 aromatic rings. The molecule has 3 unspecified atom stereocenters. The van der Waals surface area contributed by atoms with Crippen LogP contribution in [-0.2, 0) is 9.47 Å². The molecule has 5 heteroatoms. The van der Waals surface area contributed by atoms with Crippen LogP contribution in [0.4, 0.5) is 0 Å². The summed E-state index contributed by atoms with van der Waals surface area (Å²) in [4.78, 5) is 2.37. The third kappa shape index (κ3) is 3.52. The average molecular weight is 286 g/mol. The first kappa shape index (κ1) is 16.2. The Balaban J connectivity index is 2.01. The monoisotopic (exact) mass is 286 g/mol. The lowest BCUT2D eigenvalue weighted by Crippen LogP contribution is -2.59. The van der Waals surface area contributed by atoms with Gasteiger partial charge in [0.15, 0.2) is 0 Å². The van der Waals surface area contributed by atoms with E-state index >= 15 is 0 Å². The fourth-order valence-electron chi connectivity index (χ4n) is 3.53. The predicted molar refractivity (Wildman–Crippen MR) is 78.8 cm³/mol. The van der Waals surface area contributed by atoms with E-state index in [1.165, 1.54) is 12.8 Å². The maximum atomic E-state index is 9.99. The van der Waals surface area contributed by atoms with Gasteiger partial charge in [0.2, 0.25) is 0 Å². The van der Waals surface area contributed by atoms with Gasteiger partial charge in [0.1, 0.15) is 0 Å². The van der Waals surface area contributed by atoms with Crippen LogP contribution in [0.25, 0.3) is 0 Å². The maximum Gasteiger partial charge on any atom is 0.0971 e. The highest BCUT2D eigenvalue weighted by atomic mass is 16.5. The van der Waals surface area contributed by atoms with Gasteiger partial charge >= 0.3 is 0 Å². The van der Waals surface area contributed by atoms with Crippen molar-refractivity contribution in [3.8, 4) is 0 Å². The molecule has 1 aliphatic carbocycles. The Hall–Kier alpha value is -0.200. The van der Waals surface area contributed by atoms with Crippen molar-refractivity contribution in [2.45, 2.75) is 50.5 Å². The fourth-order valence-corrected chi connectivity index (χ4v) is 3.53.